The van der Waals surface area contributed by atoms with E-state index in [0.29, 0.717) is 30.1 Å². The zero-order valence-corrected chi connectivity index (χ0v) is 18.4. The van der Waals surface area contributed by atoms with Crippen molar-refractivity contribution in [2.75, 3.05) is 24.5 Å². The third-order valence-corrected chi connectivity index (χ3v) is 6.29. The van der Waals surface area contributed by atoms with Crippen LogP contribution in [0.4, 0.5) is 19.1 Å². The predicted molar refractivity (Wildman–Crippen MR) is 116 cm³/mol. The number of aromatic hydroxyl groups is 1. The summed E-state index contributed by atoms with van der Waals surface area (Å²) in [5.74, 6) is -2.37. The lowest BCUT2D eigenvalue weighted by molar-refractivity contribution is -0.189. The fourth-order valence-electron chi connectivity index (χ4n) is 3.91. The van der Waals surface area contributed by atoms with E-state index >= 15 is 0 Å². The fourth-order valence-corrected chi connectivity index (χ4v) is 4.44. The molecule has 2 aliphatic rings. The normalized spacial score (nSPS) is 18.7. The van der Waals surface area contributed by atoms with Crippen molar-refractivity contribution in [1.29, 1.82) is 0 Å². The van der Waals surface area contributed by atoms with Crippen LogP contribution in [0.3, 0.4) is 0 Å². The Morgan fingerprint density at radius 2 is 2.06 bits per heavy atom. The van der Waals surface area contributed by atoms with Gasteiger partial charge in [-0.1, -0.05) is 0 Å². The van der Waals surface area contributed by atoms with Crippen LogP contribution in [0.15, 0.2) is 29.8 Å². The third kappa shape index (κ3) is 4.66. The molecule has 3 aromatic rings. The Labute approximate surface area is 195 Å². The first-order valence-electron chi connectivity index (χ1n) is 10.5. The maximum absolute atomic E-state index is 12.9. The van der Waals surface area contributed by atoms with Crippen LogP contribution in [0.25, 0.3) is 22.5 Å². The summed E-state index contributed by atoms with van der Waals surface area (Å²) in [7, 11) is 0. The van der Waals surface area contributed by atoms with Crippen LogP contribution in [-0.4, -0.2) is 62.5 Å². The molecule has 1 atom stereocenters. The SMILES string of the molecule is O=C(Oc1cc(-c2ccsn2)cc(O)c1-c1cnc(N2CCN[C@@H](C3CC3)C2)nn1)C(F)(F)F. The summed E-state index contributed by atoms with van der Waals surface area (Å²) in [6.07, 6.45) is -1.55. The van der Waals surface area contributed by atoms with Gasteiger partial charge in [0.15, 0.2) is 0 Å². The number of aromatic nitrogens is 4. The number of carbonyl (C=O) groups is 1. The largest absolute Gasteiger partial charge is 0.507 e. The maximum atomic E-state index is 12.9. The Hall–Kier alpha value is -3.32. The van der Waals surface area contributed by atoms with Crippen LogP contribution < -0.4 is 15.0 Å². The first-order valence-corrected chi connectivity index (χ1v) is 11.4. The Morgan fingerprint density at radius 1 is 1.24 bits per heavy atom. The number of hydrogen-bond acceptors (Lipinski definition) is 10. The molecule has 1 aliphatic carbocycles. The highest BCUT2D eigenvalue weighted by molar-refractivity contribution is 7.03. The minimum absolute atomic E-state index is 0.0371. The summed E-state index contributed by atoms with van der Waals surface area (Å²) < 4.78 is 47.4. The van der Waals surface area contributed by atoms with E-state index in [1.54, 1.807) is 11.4 Å². The zero-order chi connectivity index (χ0) is 23.9. The van der Waals surface area contributed by atoms with Gasteiger partial charge in [0.25, 0.3) is 0 Å². The van der Waals surface area contributed by atoms with Crippen LogP contribution in [0.2, 0.25) is 0 Å². The monoisotopic (exact) mass is 492 g/mol. The van der Waals surface area contributed by atoms with E-state index in [4.69, 9.17) is 0 Å². The smallest absolute Gasteiger partial charge is 0.491 e. The molecule has 2 N–H and O–H groups in total. The quantitative estimate of drug-likeness (QED) is 0.410. The number of ether oxygens (including phenoxy) is 1. The molecule has 0 bridgehead atoms. The molecule has 178 valence electrons. The Balaban J connectivity index is 1.47. The number of carbonyl (C=O) groups excluding carboxylic acids is 1. The second kappa shape index (κ2) is 8.80. The van der Waals surface area contributed by atoms with Gasteiger partial charge in [0.05, 0.1) is 17.5 Å². The minimum Gasteiger partial charge on any atom is -0.507 e. The number of esters is 1. The lowest BCUT2D eigenvalue weighted by atomic mass is 10.0. The standard InChI is InChI=1S/C21H19F3N6O3S/c22-21(23,24)19(32)33-17-8-12(13-3-6-34-29-13)7-16(31)18(17)14-9-26-20(28-27-14)30-5-4-25-15(10-30)11-1-2-11/h3,6-9,11,15,25,31H,1-2,4-5,10H2/t15-/m1/s1. The topological polar surface area (TPSA) is 113 Å². The molecule has 3 heterocycles. The van der Waals surface area contributed by atoms with Gasteiger partial charge in [0, 0.05) is 36.6 Å². The summed E-state index contributed by atoms with van der Waals surface area (Å²) in [5, 5.41) is 24.0. The van der Waals surface area contributed by atoms with Crippen molar-refractivity contribution in [3.63, 3.8) is 0 Å². The van der Waals surface area contributed by atoms with Gasteiger partial charge in [0.1, 0.15) is 17.2 Å². The number of hydrogen-bond donors (Lipinski definition) is 2. The van der Waals surface area contributed by atoms with E-state index < -0.39 is 23.6 Å². The van der Waals surface area contributed by atoms with Crippen molar-refractivity contribution >= 4 is 23.5 Å². The number of alkyl halides is 3. The van der Waals surface area contributed by atoms with E-state index in [0.717, 1.165) is 24.6 Å². The van der Waals surface area contributed by atoms with E-state index in [2.05, 4.69) is 29.6 Å². The average molecular weight is 492 g/mol. The van der Waals surface area contributed by atoms with E-state index in [1.165, 1.54) is 31.2 Å². The number of nitrogens with zero attached hydrogens (tertiary/aromatic N) is 5. The van der Waals surface area contributed by atoms with Gasteiger partial charge in [-0.25, -0.2) is 9.78 Å². The summed E-state index contributed by atoms with van der Waals surface area (Å²) in [4.78, 5) is 17.9. The highest BCUT2D eigenvalue weighted by Crippen LogP contribution is 2.41. The molecule has 0 radical (unpaired) electrons. The van der Waals surface area contributed by atoms with Crippen LogP contribution in [0.1, 0.15) is 12.8 Å². The highest BCUT2D eigenvalue weighted by Gasteiger charge is 2.42. The molecule has 1 aromatic carbocycles. The maximum Gasteiger partial charge on any atom is 0.491 e. The molecule has 9 nitrogen and oxygen atoms in total. The molecule has 0 amide bonds. The van der Waals surface area contributed by atoms with Gasteiger partial charge in [0.2, 0.25) is 5.95 Å². The lowest BCUT2D eigenvalue weighted by Crippen LogP contribution is -2.52. The van der Waals surface area contributed by atoms with Gasteiger partial charge in [-0.05, 0) is 48.5 Å². The number of halogens is 3. The average Bonchev–Trinajstić information content (AvgIpc) is 3.52. The third-order valence-electron chi connectivity index (χ3n) is 5.73. The molecule has 5 rings (SSSR count). The van der Waals surface area contributed by atoms with Gasteiger partial charge in [-0.2, -0.15) is 17.5 Å². The second-order valence-corrected chi connectivity index (χ2v) is 8.79. The fraction of sp³-hybridized carbons (Fsp3) is 0.381. The summed E-state index contributed by atoms with van der Waals surface area (Å²) in [6, 6.07) is 4.47. The molecule has 34 heavy (non-hydrogen) atoms. The van der Waals surface area contributed by atoms with Crippen LogP contribution in [0, 0.1) is 5.92 Å². The Morgan fingerprint density at radius 3 is 2.71 bits per heavy atom. The van der Waals surface area contributed by atoms with E-state index in [1.807, 2.05) is 4.90 Å². The van der Waals surface area contributed by atoms with Crippen LogP contribution in [0.5, 0.6) is 11.5 Å². The highest BCUT2D eigenvalue weighted by atomic mass is 32.1. The molecule has 0 unspecified atom stereocenters. The minimum atomic E-state index is -5.22. The van der Waals surface area contributed by atoms with E-state index in [-0.39, 0.29) is 16.8 Å². The molecule has 1 saturated carbocycles. The summed E-state index contributed by atoms with van der Waals surface area (Å²) >= 11 is 1.12. The first kappa shape index (κ1) is 22.5. The molecular formula is C21H19F3N6O3S. The van der Waals surface area contributed by atoms with E-state index in [9.17, 15) is 23.1 Å². The summed E-state index contributed by atoms with van der Waals surface area (Å²) in [6.45, 7) is 2.20. The molecular weight excluding hydrogens is 473 g/mol. The van der Waals surface area contributed by atoms with Crippen LogP contribution >= 0.6 is 11.5 Å². The van der Waals surface area contributed by atoms with Gasteiger partial charge >= 0.3 is 12.1 Å². The second-order valence-electron chi connectivity index (χ2n) is 8.13. The number of rotatable bonds is 5. The van der Waals surface area contributed by atoms with Crippen molar-refractivity contribution in [1.82, 2.24) is 24.9 Å². The number of nitrogens with one attached hydrogen (secondary N) is 1. The van der Waals surface area contributed by atoms with Crippen LogP contribution in [-0.2, 0) is 4.79 Å². The molecule has 2 aromatic heterocycles. The molecule has 13 heteroatoms. The van der Waals surface area contributed by atoms with Gasteiger partial charge < -0.3 is 20.1 Å². The molecule has 0 spiro atoms. The number of phenols is 1. The lowest BCUT2D eigenvalue weighted by Gasteiger charge is -2.33. The van der Waals surface area contributed by atoms with Crippen molar-refractivity contribution in [2.45, 2.75) is 25.1 Å². The number of benzene rings is 1. The van der Waals surface area contributed by atoms with Gasteiger partial charge in [-0.15, -0.1) is 10.2 Å². The summed E-state index contributed by atoms with van der Waals surface area (Å²) in [5.41, 5.74) is 0.417. The van der Waals surface area contributed by atoms with Gasteiger partial charge in [-0.3, -0.25) is 0 Å². The zero-order valence-electron chi connectivity index (χ0n) is 17.6. The number of phenolic OH excluding ortho intramolecular Hbond substituents is 1. The first-order chi connectivity index (χ1) is 16.3. The van der Waals surface area contributed by atoms with Crippen molar-refractivity contribution < 1.29 is 27.8 Å². The number of anilines is 1. The van der Waals surface area contributed by atoms with Crippen molar-refractivity contribution in [3.05, 3.63) is 29.8 Å². The van der Waals surface area contributed by atoms with Crippen molar-refractivity contribution in [3.8, 4) is 34.0 Å². The molecule has 1 aliphatic heterocycles. The van der Waals surface area contributed by atoms with Crippen molar-refractivity contribution in [2.24, 2.45) is 5.92 Å². The molecule has 1 saturated heterocycles. The predicted octanol–water partition coefficient (Wildman–Crippen LogP) is 3.02. The Kier molecular flexibility index (Phi) is 5.81. The molecule has 2 fully saturated rings. The number of piperazine rings is 1. The Bertz CT molecular complexity index is 1190.